The Balaban J connectivity index is 4.07. The zero-order valence-corrected chi connectivity index (χ0v) is 42.3. The highest BCUT2D eigenvalue weighted by atomic mass is 31.2. The Morgan fingerprint density at radius 3 is 1.26 bits per heavy atom. The predicted molar refractivity (Wildman–Crippen MR) is 275 cm³/mol. The van der Waals surface area contributed by atoms with Gasteiger partial charge in [-0.1, -0.05) is 202 Å². The van der Waals surface area contributed by atoms with E-state index in [1.54, 1.807) is 0 Å². The maximum atomic E-state index is 12.7. The second kappa shape index (κ2) is 50.6. The Bertz CT molecular complexity index is 1340. The fourth-order valence-corrected chi connectivity index (χ4v) is 7.69. The van der Waals surface area contributed by atoms with Gasteiger partial charge in [0.2, 0.25) is 0 Å². The van der Waals surface area contributed by atoms with E-state index in [1.807, 2.05) is 0 Å². The summed E-state index contributed by atoms with van der Waals surface area (Å²) in [4.78, 5) is 35.1. The maximum Gasteiger partial charge on any atom is 0.472 e. The first-order valence-corrected chi connectivity index (χ1v) is 27.6. The van der Waals surface area contributed by atoms with Crippen LogP contribution in [0.5, 0.6) is 0 Å². The third-order valence-electron chi connectivity index (χ3n) is 10.8. The van der Waals surface area contributed by atoms with Gasteiger partial charge in [-0.3, -0.25) is 18.6 Å². The highest BCUT2D eigenvalue weighted by molar-refractivity contribution is 7.47. The molecule has 2 atom stereocenters. The molecule has 0 amide bonds. The molecule has 0 aromatic heterocycles. The van der Waals surface area contributed by atoms with Crippen molar-refractivity contribution in [2.75, 3.05) is 26.4 Å². The average molecular weight is 930 g/mol. The molecular weight excluding hydrogens is 834 g/mol. The lowest BCUT2D eigenvalue weighted by atomic mass is 10.1. The van der Waals surface area contributed by atoms with Gasteiger partial charge in [0, 0.05) is 19.4 Å². The minimum absolute atomic E-state index is 0.0461. The molecule has 374 valence electrons. The van der Waals surface area contributed by atoms with Crippen LogP contribution in [-0.2, 0) is 32.7 Å². The van der Waals surface area contributed by atoms with Crippen molar-refractivity contribution in [3.8, 4) is 0 Å². The Labute approximate surface area is 398 Å². The SMILES string of the molecule is CC/C=C\C/C=C\C/C=C\C/C=C\CCCCCCCCC(=O)OC(COC(=O)CCCCCCCCCCCC/C=C\C/C=C\C/C=C\CCCCCCC)COP(=O)(O)OCCN. The minimum atomic E-state index is -4.39. The third-order valence-corrected chi connectivity index (χ3v) is 11.7. The molecule has 2 unspecified atom stereocenters. The van der Waals surface area contributed by atoms with Gasteiger partial charge >= 0.3 is 19.8 Å². The molecule has 0 aliphatic carbocycles. The van der Waals surface area contributed by atoms with Crippen molar-refractivity contribution in [3.05, 3.63) is 85.1 Å². The first-order chi connectivity index (χ1) is 31.8. The summed E-state index contributed by atoms with van der Waals surface area (Å²) in [5.74, 6) is -0.851. The molecule has 65 heavy (non-hydrogen) atoms. The quantitative estimate of drug-likeness (QED) is 0.0265. The van der Waals surface area contributed by atoms with Gasteiger partial charge in [0.1, 0.15) is 6.61 Å². The van der Waals surface area contributed by atoms with Crippen LogP contribution in [0.25, 0.3) is 0 Å². The van der Waals surface area contributed by atoms with Gasteiger partial charge in [-0.15, -0.1) is 0 Å². The second-order valence-corrected chi connectivity index (χ2v) is 18.5. The number of nitrogens with two attached hydrogens (primary N) is 1. The van der Waals surface area contributed by atoms with Crippen LogP contribution in [0.2, 0.25) is 0 Å². The minimum Gasteiger partial charge on any atom is -0.462 e. The summed E-state index contributed by atoms with van der Waals surface area (Å²) in [5.41, 5.74) is 5.37. The lowest BCUT2D eigenvalue weighted by Crippen LogP contribution is -2.29. The Hall–Kier alpha value is -2.81. The van der Waals surface area contributed by atoms with Crippen LogP contribution in [0.3, 0.4) is 0 Å². The summed E-state index contributed by atoms with van der Waals surface area (Å²) in [6.45, 7) is 3.59. The summed E-state index contributed by atoms with van der Waals surface area (Å²) < 4.78 is 32.9. The molecular formula is C55H96NO8P. The van der Waals surface area contributed by atoms with Gasteiger partial charge in [-0.2, -0.15) is 0 Å². The summed E-state index contributed by atoms with van der Waals surface area (Å²) in [7, 11) is -4.39. The topological polar surface area (TPSA) is 134 Å². The van der Waals surface area contributed by atoms with Crippen molar-refractivity contribution in [3.63, 3.8) is 0 Å². The number of ether oxygens (including phenoxy) is 2. The molecule has 9 nitrogen and oxygen atoms in total. The molecule has 0 aliphatic heterocycles. The number of phosphoric ester groups is 1. The van der Waals surface area contributed by atoms with E-state index >= 15 is 0 Å². The van der Waals surface area contributed by atoms with E-state index in [1.165, 1.54) is 83.5 Å². The zero-order valence-electron chi connectivity index (χ0n) is 41.4. The van der Waals surface area contributed by atoms with Crippen LogP contribution in [0.4, 0.5) is 0 Å². The van der Waals surface area contributed by atoms with Crippen molar-refractivity contribution in [2.24, 2.45) is 5.73 Å². The van der Waals surface area contributed by atoms with E-state index in [0.29, 0.717) is 6.42 Å². The molecule has 0 saturated carbocycles. The monoisotopic (exact) mass is 930 g/mol. The fraction of sp³-hybridized carbons (Fsp3) is 0.709. The number of carbonyl (C=O) groups excluding carboxylic acids is 2. The molecule has 0 saturated heterocycles. The van der Waals surface area contributed by atoms with E-state index in [4.69, 9.17) is 24.3 Å². The molecule has 0 rings (SSSR count). The van der Waals surface area contributed by atoms with Gasteiger partial charge in [0.25, 0.3) is 0 Å². The molecule has 0 radical (unpaired) electrons. The smallest absolute Gasteiger partial charge is 0.462 e. The van der Waals surface area contributed by atoms with Crippen LogP contribution in [0.15, 0.2) is 85.1 Å². The molecule has 0 fully saturated rings. The molecule has 0 spiro atoms. The number of esters is 2. The lowest BCUT2D eigenvalue weighted by Gasteiger charge is -2.19. The van der Waals surface area contributed by atoms with Crippen molar-refractivity contribution >= 4 is 19.8 Å². The van der Waals surface area contributed by atoms with E-state index in [2.05, 4.69) is 98.9 Å². The van der Waals surface area contributed by atoms with Crippen LogP contribution in [-0.4, -0.2) is 49.3 Å². The normalized spacial score (nSPS) is 13.8. The van der Waals surface area contributed by atoms with Gasteiger partial charge in [0.15, 0.2) is 6.10 Å². The van der Waals surface area contributed by atoms with Gasteiger partial charge in [-0.05, 0) is 89.9 Å². The van der Waals surface area contributed by atoms with Crippen LogP contribution >= 0.6 is 7.82 Å². The molecule has 10 heteroatoms. The zero-order chi connectivity index (χ0) is 47.4. The number of rotatable bonds is 48. The molecule has 3 N–H and O–H groups in total. The predicted octanol–water partition coefficient (Wildman–Crippen LogP) is 16.0. The molecule has 0 heterocycles. The number of hydrogen-bond donors (Lipinski definition) is 2. The second-order valence-electron chi connectivity index (χ2n) is 17.0. The van der Waals surface area contributed by atoms with Crippen molar-refractivity contribution < 1.29 is 37.6 Å². The van der Waals surface area contributed by atoms with Gasteiger partial charge in [0.05, 0.1) is 13.2 Å². The average Bonchev–Trinajstić information content (AvgIpc) is 3.30. The lowest BCUT2D eigenvalue weighted by molar-refractivity contribution is -0.161. The number of carbonyl (C=O) groups is 2. The summed E-state index contributed by atoms with van der Waals surface area (Å²) in [6, 6.07) is 0. The maximum absolute atomic E-state index is 12.7. The van der Waals surface area contributed by atoms with Crippen LogP contribution < -0.4 is 5.73 Å². The molecule has 0 aromatic rings. The van der Waals surface area contributed by atoms with E-state index in [0.717, 1.165) is 103 Å². The number of phosphoric acid groups is 1. The largest absolute Gasteiger partial charge is 0.472 e. The number of unbranched alkanes of at least 4 members (excludes halogenated alkanes) is 21. The van der Waals surface area contributed by atoms with E-state index in [9.17, 15) is 19.0 Å². The number of hydrogen-bond acceptors (Lipinski definition) is 8. The molecule has 0 bridgehead atoms. The molecule has 0 aromatic carbocycles. The Morgan fingerprint density at radius 2 is 0.846 bits per heavy atom. The first kappa shape index (κ1) is 62.2. The summed E-state index contributed by atoms with van der Waals surface area (Å²) >= 11 is 0. The van der Waals surface area contributed by atoms with Gasteiger partial charge in [-0.25, -0.2) is 4.57 Å². The highest BCUT2D eigenvalue weighted by Crippen LogP contribution is 2.43. The van der Waals surface area contributed by atoms with Crippen LogP contribution in [0.1, 0.15) is 219 Å². The van der Waals surface area contributed by atoms with Gasteiger partial charge < -0.3 is 20.1 Å². The molecule has 0 aliphatic rings. The van der Waals surface area contributed by atoms with E-state index in [-0.39, 0.29) is 32.6 Å². The summed E-state index contributed by atoms with van der Waals surface area (Å²) in [5, 5.41) is 0. The highest BCUT2D eigenvalue weighted by Gasteiger charge is 2.26. The first-order valence-electron chi connectivity index (χ1n) is 26.1. The fourth-order valence-electron chi connectivity index (χ4n) is 6.93. The Kier molecular flexibility index (Phi) is 48.4. The van der Waals surface area contributed by atoms with Crippen molar-refractivity contribution in [1.82, 2.24) is 0 Å². The van der Waals surface area contributed by atoms with Crippen molar-refractivity contribution in [1.29, 1.82) is 0 Å². The Morgan fingerprint density at radius 1 is 0.477 bits per heavy atom. The van der Waals surface area contributed by atoms with Crippen LogP contribution in [0, 0.1) is 0 Å². The van der Waals surface area contributed by atoms with Crippen molar-refractivity contribution in [2.45, 2.75) is 225 Å². The van der Waals surface area contributed by atoms with E-state index < -0.39 is 32.5 Å². The number of allylic oxidation sites excluding steroid dienone is 14. The standard InChI is InChI=1S/C55H96NO8P/c1-3-5-7-9-11-13-15-17-19-21-23-24-25-26-27-28-30-31-33-35-37-39-41-43-45-47-54(57)61-51-53(52-63-65(59,60)62-50-49-56)64-55(58)48-46-44-42-40-38-36-34-32-29-22-20-18-16-14-12-10-8-6-4-2/h6,8,12,14-15,17-18,20-21,23,25-26,29,32,53H,3-5,7,9-11,13,16,19,22,24,27-28,30-31,33-52,56H2,1-2H3,(H,59,60)/b8-6-,14-12-,17-15-,20-18-,23-21-,26-25-,32-29-. The third kappa shape index (κ3) is 50.4. The summed E-state index contributed by atoms with van der Waals surface area (Å²) in [6.07, 6.45) is 64.7.